The summed E-state index contributed by atoms with van der Waals surface area (Å²) < 4.78 is 22.3. The van der Waals surface area contributed by atoms with Crippen LogP contribution < -0.4 is 10.1 Å². The molecule has 0 saturated carbocycles. The summed E-state index contributed by atoms with van der Waals surface area (Å²) in [5, 5.41) is 7.54. The van der Waals surface area contributed by atoms with E-state index in [2.05, 4.69) is 26.3 Å². The molecule has 1 heterocycles. The molecule has 114 valence electrons. The predicted octanol–water partition coefficient (Wildman–Crippen LogP) is 3.14. The molecule has 0 aliphatic rings. The lowest BCUT2D eigenvalue weighted by Gasteiger charge is -2.20. The van der Waals surface area contributed by atoms with E-state index >= 15 is 0 Å². The number of nitrogens with zero attached hydrogens (tertiary/aromatic N) is 2. The first-order valence-electron chi connectivity index (χ1n) is 6.67. The molecule has 4 nitrogen and oxygen atoms in total. The highest BCUT2D eigenvalue weighted by Crippen LogP contribution is 2.32. The summed E-state index contributed by atoms with van der Waals surface area (Å²) in [6.45, 7) is 1.94. The first-order chi connectivity index (χ1) is 9.99. The lowest BCUT2D eigenvalue weighted by atomic mass is 10.00. The number of hydrogen-bond donors (Lipinski definition) is 1. The molecule has 0 amide bonds. The van der Waals surface area contributed by atoms with Crippen LogP contribution in [0.5, 0.6) is 5.75 Å². The van der Waals surface area contributed by atoms with Crippen molar-refractivity contribution in [3.63, 3.8) is 0 Å². The molecule has 1 aromatic carbocycles. The van der Waals surface area contributed by atoms with Gasteiger partial charge in [0.05, 0.1) is 23.0 Å². The monoisotopic (exact) mass is 355 g/mol. The minimum Gasteiger partial charge on any atom is -0.496 e. The molecule has 0 fully saturated rings. The molecule has 6 heteroatoms. The van der Waals surface area contributed by atoms with Crippen molar-refractivity contribution in [1.29, 1.82) is 0 Å². The van der Waals surface area contributed by atoms with Gasteiger partial charge in [0, 0.05) is 25.1 Å². The van der Waals surface area contributed by atoms with Crippen molar-refractivity contribution in [2.24, 2.45) is 7.05 Å². The highest BCUT2D eigenvalue weighted by atomic mass is 79.9. The fraction of sp³-hybridized carbons (Fsp3) is 0.400. The molecular formula is C15H19BrFN3O. The van der Waals surface area contributed by atoms with Crippen molar-refractivity contribution in [3.05, 3.63) is 45.4 Å². The van der Waals surface area contributed by atoms with Crippen LogP contribution in [-0.4, -0.2) is 23.9 Å². The Morgan fingerprint density at radius 1 is 1.48 bits per heavy atom. The number of aromatic nitrogens is 2. The Labute approximate surface area is 132 Å². The van der Waals surface area contributed by atoms with Crippen LogP contribution in [0.1, 0.15) is 23.0 Å². The van der Waals surface area contributed by atoms with Gasteiger partial charge in [-0.15, -0.1) is 0 Å². The maximum atomic E-state index is 14.2. The summed E-state index contributed by atoms with van der Waals surface area (Å²) in [6, 6.07) is 4.67. The van der Waals surface area contributed by atoms with Gasteiger partial charge in [0.25, 0.3) is 0 Å². The van der Waals surface area contributed by atoms with Gasteiger partial charge in [0.2, 0.25) is 0 Å². The van der Waals surface area contributed by atoms with Gasteiger partial charge in [0.1, 0.15) is 11.6 Å². The molecule has 0 aliphatic heterocycles. The summed E-state index contributed by atoms with van der Waals surface area (Å²) in [6.07, 6.45) is 0.603. The number of aryl methyl sites for hydroxylation is 2. The Balaban J connectivity index is 2.41. The van der Waals surface area contributed by atoms with E-state index in [0.717, 1.165) is 15.9 Å². The second-order valence-electron chi connectivity index (χ2n) is 4.87. The van der Waals surface area contributed by atoms with E-state index in [1.807, 2.05) is 25.7 Å². The third-order valence-corrected chi connectivity index (χ3v) is 4.62. The fourth-order valence-corrected chi connectivity index (χ4v) is 2.97. The van der Waals surface area contributed by atoms with Crippen molar-refractivity contribution < 1.29 is 9.13 Å². The summed E-state index contributed by atoms with van der Waals surface area (Å²) in [7, 11) is 5.25. The molecule has 0 bridgehead atoms. The Morgan fingerprint density at radius 3 is 2.71 bits per heavy atom. The van der Waals surface area contributed by atoms with Crippen LogP contribution in [0.2, 0.25) is 0 Å². The summed E-state index contributed by atoms with van der Waals surface area (Å²) in [5.74, 6) is 0.271. The van der Waals surface area contributed by atoms with Crippen LogP contribution in [0.3, 0.4) is 0 Å². The van der Waals surface area contributed by atoms with E-state index in [1.54, 1.807) is 19.2 Å². The summed E-state index contributed by atoms with van der Waals surface area (Å²) in [4.78, 5) is 0. The number of nitrogens with one attached hydrogen (secondary N) is 1. The standard InChI is InChI=1S/C15H19BrFN3O/c1-9-15(16)12(20(3)19-9)8-11(18-2)14-10(17)6-5-7-13(14)21-4/h5-7,11,18H,8H2,1-4H3. The Kier molecular flexibility index (Phi) is 5.00. The summed E-state index contributed by atoms with van der Waals surface area (Å²) in [5.41, 5.74) is 2.47. The lowest BCUT2D eigenvalue weighted by Crippen LogP contribution is -2.22. The van der Waals surface area contributed by atoms with Gasteiger partial charge < -0.3 is 10.1 Å². The molecular weight excluding hydrogens is 337 g/mol. The molecule has 0 saturated heterocycles. The van der Waals surface area contributed by atoms with E-state index in [9.17, 15) is 4.39 Å². The van der Waals surface area contributed by atoms with Gasteiger partial charge >= 0.3 is 0 Å². The zero-order valence-electron chi connectivity index (χ0n) is 12.6. The molecule has 1 N–H and O–H groups in total. The minimum absolute atomic E-state index is 0.202. The Bertz CT molecular complexity index is 642. The molecule has 21 heavy (non-hydrogen) atoms. The number of methoxy groups -OCH3 is 1. The lowest BCUT2D eigenvalue weighted by molar-refractivity contribution is 0.392. The zero-order chi connectivity index (χ0) is 15.6. The SMILES string of the molecule is CNC(Cc1c(Br)c(C)nn1C)c1c(F)cccc1OC. The molecule has 0 radical (unpaired) electrons. The number of ether oxygens (including phenoxy) is 1. The van der Waals surface area contributed by atoms with Crippen molar-refractivity contribution in [2.75, 3.05) is 14.2 Å². The number of rotatable bonds is 5. The molecule has 2 rings (SSSR count). The topological polar surface area (TPSA) is 39.1 Å². The first kappa shape index (κ1) is 16.0. The van der Waals surface area contributed by atoms with Gasteiger partial charge in [-0.3, -0.25) is 4.68 Å². The average molecular weight is 356 g/mol. The second kappa shape index (κ2) is 6.58. The van der Waals surface area contributed by atoms with E-state index in [-0.39, 0.29) is 11.9 Å². The van der Waals surface area contributed by atoms with Crippen molar-refractivity contribution in [1.82, 2.24) is 15.1 Å². The third kappa shape index (κ3) is 3.11. The quantitative estimate of drug-likeness (QED) is 0.895. The zero-order valence-corrected chi connectivity index (χ0v) is 14.2. The molecule has 0 spiro atoms. The highest BCUT2D eigenvalue weighted by Gasteiger charge is 2.22. The van der Waals surface area contributed by atoms with E-state index < -0.39 is 0 Å². The molecule has 1 aromatic heterocycles. The van der Waals surface area contributed by atoms with Crippen LogP contribution in [0.15, 0.2) is 22.7 Å². The Morgan fingerprint density at radius 2 is 2.19 bits per heavy atom. The fourth-order valence-electron chi connectivity index (χ4n) is 2.48. The van der Waals surface area contributed by atoms with Gasteiger partial charge in [0.15, 0.2) is 0 Å². The maximum Gasteiger partial charge on any atom is 0.131 e. The van der Waals surface area contributed by atoms with Crippen molar-refractivity contribution in [2.45, 2.75) is 19.4 Å². The third-order valence-electron chi connectivity index (χ3n) is 3.59. The summed E-state index contributed by atoms with van der Waals surface area (Å²) >= 11 is 3.55. The van der Waals surface area contributed by atoms with Crippen molar-refractivity contribution in [3.8, 4) is 5.75 Å². The van der Waals surface area contributed by atoms with E-state index in [4.69, 9.17) is 4.74 Å². The number of likely N-dealkylation sites (N-methyl/N-ethyl adjacent to an activating group) is 1. The predicted molar refractivity (Wildman–Crippen MR) is 84.1 cm³/mol. The maximum absolute atomic E-state index is 14.2. The number of hydrogen-bond acceptors (Lipinski definition) is 3. The van der Waals surface area contributed by atoms with Crippen LogP contribution in [0.25, 0.3) is 0 Å². The highest BCUT2D eigenvalue weighted by molar-refractivity contribution is 9.10. The average Bonchev–Trinajstić information content (AvgIpc) is 2.70. The van der Waals surface area contributed by atoms with Gasteiger partial charge in [-0.05, 0) is 42.0 Å². The van der Waals surface area contributed by atoms with Gasteiger partial charge in [-0.25, -0.2) is 4.39 Å². The van der Waals surface area contributed by atoms with Crippen LogP contribution in [-0.2, 0) is 13.5 Å². The van der Waals surface area contributed by atoms with Crippen LogP contribution in [0, 0.1) is 12.7 Å². The molecule has 2 aromatic rings. The second-order valence-corrected chi connectivity index (χ2v) is 5.66. The van der Waals surface area contributed by atoms with Gasteiger partial charge in [-0.1, -0.05) is 6.07 Å². The first-order valence-corrected chi connectivity index (χ1v) is 7.46. The van der Waals surface area contributed by atoms with E-state index in [1.165, 1.54) is 6.07 Å². The van der Waals surface area contributed by atoms with E-state index in [0.29, 0.717) is 17.7 Å². The van der Waals surface area contributed by atoms with Crippen LogP contribution >= 0.6 is 15.9 Å². The molecule has 0 aliphatic carbocycles. The normalized spacial score (nSPS) is 12.5. The largest absolute Gasteiger partial charge is 0.496 e. The number of benzene rings is 1. The Hall–Kier alpha value is -1.40. The molecule has 1 unspecified atom stereocenters. The molecule has 1 atom stereocenters. The minimum atomic E-state index is -0.274. The van der Waals surface area contributed by atoms with Gasteiger partial charge in [-0.2, -0.15) is 5.10 Å². The van der Waals surface area contributed by atoms with Crippen molar-refractivity contribution >= 4 is 15.9 Å². The number of halogens is 2. The van der Waals surface area contributed by atoms with Crippen LogP contribution in [0.4, 0.5) is 4.39 Å². The smallest absolute Gasteiger partial charge is 0.131 e.